The molecule has 1 aromatic heterocycles. The van der Waals surface area contributed by atoms with Gasteiger partial charge in [-0.15, -0.1) is 11.3 Å². The van der Waals surface area contributed by atoms with Crippen LogP contribution in [0, 0.1) is 0 Å². The van der Waals surface area contributed by atoms with Crippen molar-refractivity contribution in [1.82, 2.24) is 4.90 Å². The van der Waals surface area contributed by atoms with Gasteiger partial charge in [-0.2, -0.15) is 0 Å². The molecule has 1 unspecified atom stereocenters. The third-order valence-corrected chi connectivity index (χ3v) is 3.20. The molecule has 19 heavy (non-hydrogen) atoms. The monoisotopic (exact) mass is 285 g/mol. The lowest BCUT2D eigenvalue weighted by molar-refractivity contribution is 0.0265. The third kappa shape index (κ3) is 4.13. The van der Waals surface area contributed by atoms with Crippen LogP contribution in [0.1, 0.15) is 31.7 Å². The first kappa shape index (κ1) is 15.3. The molecular formula is C12H19N3O3S. The highest BCUT2D eigenvalue weighted by molar-refractivity contribution is 7.10. The van der Waals surface area contributed by atoms with E-state index in [1.54, 1.807) is 27.8 Å². The van der Waals surface area contributed by atoms with Crippen LogP contribution >= 0.6 is 11.3 Å². The summed E-state index contributed by atoms with van der Waals surface area (Å²) >= 11 is 1.42. The highest BCUT2D eigenvalue weighted by Gasteiger charge is 2.30. The van der Waals surface area contributed by atoms with Crippen molar-refractivity contribution in [3.05, 3.63) is 22.4 Å². The van der Waals surface area contributed by atoms with E-state index >= 15 is 0 Å². The minimum atomic E-state index is -0.639. The van der Waals surface area contributed by atoms with Gasteiger partial charge in [0.15, 0.2) is 5.84 Å². The van der Waals surface area contributed by atoms with Crippen molar-refractivity contribution < 1.29 is 14.7 Å². The zero-order valence-electron chi connectivity index (χ0n) is 11.5. The van der Waals surface area contributed by atoms with Crippen molar-refractivity contribution in [2.24, 2.45) is 10.9 Å². The van der Waals surface area contributed by atoms with Crippen LogP contribution in [0.15, 0.2) is 22.7 Å². The number of carbonyl (C=O) groups is 1. The number of likely N-dealkylation sites (N-methyl/N-ethyl adjacent to an activating group) is 1. The Labute approximate surface area is 116 Å². The lowest BCUT2D eigenvalue weighted by Crippen LogP contribution is -2.41. The van der Waals surface area contributed by atoms with Gasteiger partial charge in [0.05, 0.1) is 0 Å². The molecular weight excluding hydrogens is 266 g/mol. The predicted octanol–water partition coefficient (Wildman–Crippen LogP) is 2.40. The quantitative estimate of drug-likeness (QED) is 0.386. The van der Waals surface area contributed by atoms with Gasteiger partial charge < -0.3 is 15.7 Å². The number of amides is 1. The van der Waals surface area contributed by atoms with Crippen molar-refractivity contribution in [1.29, 1.82) is 0 Å². The molecule has 0 bridgehead atoms. The van der Waals surface area contributed by atoms with Gasteiger partial charge >= 0.3 is 6.09 Å². The maximum atomic E-state index is 12.0. The summed E-state index contributed by atoms with van der Waals surface area (Å²) in [5.74, 6) is -0.0594. The first-order valence-electron chi connectivity index (χ1n) is 5.73. The van der Waals surface area contributed by atoms with Crippen LogP contribution in [-0.4, -0.2) is 34.7 Å². The fourth-order valence-corrected chi connectivity index (χ4v) is 2.36. The fourth-order valence-electron chi connectivity index (χ4n) is 1.48. The third-order valence-electron chi connectivity index (χ3n) is 2.28. The second-order valence-corrected chi connectivity index (χ2v) is 6.01. The summed E-state index contributed by atoms with van der Waals surface area (Å²) in [6.07, 6.45) is -0.530. The molecule has 106 valence electrons. The number of ether oxygens (including phenoxy) is 1. The Hall–Kier alpha value is -1.76. The maximum Gasteiger partial charge on any atom is 0.410 e. The van der Waals surface area contributed by atoms with Gasteiger partial charge in [0.2, 0.25) is 0 Å². The average molecular weight is 285 g/mol. The van der Waals surface area contributed by atoms with E-state index in [-0.39, 0.29) is 5.84 Å². The number of hydrogen-bond acceptors (Lipinski definition) is 5. The number of amidine groups is 1. The molecule has 0 fully saturated rings. The van der Waals surface area contributed by atoms with E-state index < -0.39 is 17.7 Å². The van der Waals surface area contributed by atoms with Crippen molar-refractivity contribution >= 4 is 23.3 Å². The molecule has 1 rings (SSSR count). The van der Waals surface area contributed by atoms with E-state index in [1.165, 1.54) is 16.2 Å². The number of oxime groups is 1. The molecule has 7 heteroatoms. The molecule has 0 radical (unpaired) electrons. The van der Waals surface area contributed by atoms with E-state index in [0.29, 0.717) is 0 Å². The molecule has 1 aromatic rings. The molecule has 0 aliphatic carbocycles. The van der Waals surface area contributed by atoms with Gasteiger partial charge in [-0.3, -0.25) is 4.90 Å². The van der Waals surface area contributed by atoms with Gasteiger partial charge in [-0.25, -0.2) is 4.79 Å². The van der Waals surface area contributed by atoms with E-state index in [2.05, 4.69) is 5.16 Å². The highest BCUT2D eigenvalue weighted by Crippen LogP contribution is 2.25. The average Bonchev–Trinajstić information content (AvgIpc) is 2.80. The second kappa shape index (κ2) is 5.92. The predicted molar refractivity (Wildman–Crippen MR) is 74.5 cm³/mol. The van der Waals surface area contributed by atoms with E-state index in [0.717, 1.165) is 4.88 Å². The minimum absolute atomic E-state index is 0.0594. The van der Waals surface area contributed by atoms with Crippen molar-refractivity contribution in [2.75, 3.05) is 7.05 Å². The lowest BCUT2D eigenvalue weighted by Gasteiger charge is -2.29. The summed E-state index contributed by atoms with van der Waals surface area (Å²) in [4.78, 5) is 14.1. The Balaban J connectivity index is 2.96. The zero-order valence-corrected chi connectivity index (χ0v) is 12.3. The summed E-state index contributed by atoms with van der Waals surface area (Å²) in [5.41, 5.74) is 5.07. The highest BCUT2D eigenvalue weighted by atomic mass is 32.1. The van der Waals surface area contributed by atoms with Crippen LogP contribution in [0.2, 0.25) is 0 Å². The number of nitrogens with two attached hydrogens (primary N) is 1. The summed E-state index contributed by atoms with van der Waals surface area (Å²) in [6.45, 7) is 5.34. The Bertz CT molecular complexity index is 451. The van der Waals surface area contributed by atoms with Crippen LogP contribution in [0.4, 0.5) is 4.79 Å². The lowest BCUT2D eigenvalue weighted by atomic mass is 10.2. The van der Waals surface area contributed by atoms with E-state index in [9.17, 15) is 4.79 Å². The molecule has 6 nitrogen and oxygen atoms in total. The topological polar surface area (TPSA) is 88.2 Å². The van der Waals surface area contributed by atoms with Crippen LogP contribution in [0.3, 0.4) is 0 Å². The smallest absolute Gasteiger partial charge is 0.410 e. The van der Waals surface area contributed by atoms with E-state index in [1.807, 2.05) is 17.5 Å². The minimum Gasteiger partial charge on any atom is -0.444 e. The largest absolute Gasteiger partial charge is 0.444 e. The molecule has 1 heterocycles. The molecule has 0 saturated carbocycles. The van der Waals surface area contributed by atoms with Gasteiger partial charge in [0, 0.05) is 11.9 Å². The molecule has 0 saturated heterocycles. The standard InChI is InChI=1S/C12H19N3O3S/c1-12(2,3)18-11(16)15(4)9(10(13)14-17)8-6-5-7-19-8/h5-7,9,17H,1-4H3,(H2,13,14). The number of carbonyl (C=O) groups excluding carboxylic acids is 1. The first-order chi connectivity index (χ1) is 8.76. The van der Waals surface area contributed by atoms with Crippen molar-refractivity contribution in [3.63, 3.8) is 0 Å². The zero-order chi connectivity index (χ0) is 14.6. The Kier molecular flexibility index (Phi) is 4.77. The fraction of sp³-hybridized carbons (Fsp3) is 0.500. The van der Waals surface area contributed by atoms with Gasteiger partial charge in [0.25, 0.3) is 0 Å². The molecule has 1 amide bonds. The Morgan fingerprint density at radius 3 is 2.63 bits per heavy atom. The molecule has 1 atom stereocenters. The summed E-state index contributed by atoms with van der Waals surface area (Å²) in [5, 5.41) is 13.7. The van der Waals surface area contributed by atoms with Gasteiger partial charge in [-0.05, 0) is 32.2 Å². The van der Waals surface area contributed by atoms with Gasteiger partial charge in [-0.1, -0.05) is 11.2 Å². The molecule has 0 aliphatic heterocycles. The number of nitrogens with zero attached hydrogens (tertiary/aromatic N) is 2. The van der Waals surface area contributed by atoms with Crippen LogP contribution in [-0.2, 0) is 4.74 Å². The SMILES string of the molecule is CN(C(=O)OC(C)(C)C)C(/C(N)=N/O)c1cccs1. The second-order valence-electron chi connectivity index (χ2n) is 5.03. The molecule has 0 aliphatic rings. The maximum absolute atomic E-state index is 12.0. The van der Waals surface area contributed by atoms with Crippen molar-refractivity contribution in [3.8, 4) is 0 Å². The summed E-state index contributed by atoms with van der Waals surface area (Å²) in [7, 11) is 1.55. The Morgan fingerprint density at radius 2 is 2.21 bits per heavy atom. The summed E-state index contributed by atoms with van der Waals surface area (Å²) < 4.78 is 5.27. The molecule has 0 aromatic carbocycles. The molecule has 3 N–H and O–H groups in total. The Morgan fingerprint density at radius 1 is 1.58 bits per heavy atom. The number of thiophene rings is 1. The summed E-state index contributed by atoms with van der Waals surface area (Å²) in [6, 6.07) is 3.01. The van der Waals surface area contributed by atoms with Crippen LogP contribution in [0.25, 0.3) is 0 Å². The first-order valence-corrected chi connectivity index (χ1v) is 6.61. The van der Waals surface area contributed by atoms with Crippen molar-refractivity contribution in [2.45, 2.75) is 32.4 Å². The van der Waals surface area contributed by atoms with Gasteiger partial charge in [0.1, 0.15) is 11.6 Å². The molecule has 0 spiro atoms. The number of hydrogen-bond donors (Lipinski definition) is 2. The van der Waals surface area contributed by atoms with E-state index in [4.69, 9.17) is 15.7 Å². The van der Waals surface area contributed by atoms with Crippen LogP contribution < -0.4 is 5.73 Å². The normalized spacial score (nSPS) is 14.0. The van der Waals surface area contributed by atoms with Crippen LogP contribution in [0.5, 0.6) is 0 Å². The number of rotatable bonds is 3.